The molecule has 0 bridgehead atoms. The average molecular weight is 298 g/mol. The van der Waals surface area contributed by atoms with Crippen molar-refractivity contribution < 1.29 is 0 Å². The first-order valence-electron chi connectivity index (χ1n) is 5.67. The Morgan fingerprint density at radius 2 is 2.06 bits per heavy atom. The van der Waals surface area contributed by atoms with Gasteiger partial charge < -0.3 is 10.6 Å². The molecule has 4 heteroatoms. The first-order valence-corrected chi connectivity index (χ1v) is 6.46. The molecule has 0 amide bonds. The molecule has 0 radical (unpaired) electrons. The third-order valence-corrected chi connectivity index (χ3v) is 3.88. The second-order valence-electron chi connectivity index (χ2n) is 4.80. The highest BCUT2D eigenvalue weighted by Crippen LogP contribution is 2.30. The largest absolute Gasteiger partial charge is 0.384 e. The van der Waals surface area contributed by atoms with Crippen molar-refractivity contribution in [2.45, 2.75) is 32.7 Å². The summed E-state index contributed by atoms with van der Waals surface area (Å²) >= 11 is 3.46. The molecule has 0 spiro atoms. The summed E-state index contributed by atoms with van der Waals surface area (Å²) in [6.07, 6.45) is 1.02. The quantitative estimate of drug-likeness (QED) is 0.661. The summed E-state index contributed by atoms with van der Waals surface area (Å²) in [6, 6.07) is 5.80. The smallest absolute Gasteiger partial charge is 0.124 e. The van der Waals surface area contributed by atoms with E-state index in [2.05, 4.69) is 41.6 Å². The molecule has 1 aromatic rings. The van der Waals surface area contributed by atoms with Gasteiger partial charge in [-0.2, -0.15) is 0 Å². The number of nitrogens with zero attached hydrogens (tertiary/aromatic N) is 1. The molecule has 0 heterocycles. The first-order chi connectivity index (χ1) is 7.79. The number of halogens is 1. The summed E-state index contributed by atoms with van der Waals surface area (Å²) in [4.78, 5) is 2.18. The van der Waals surface area contributed by atoms with Gasteiger partial charge in [0.1, 0.15) is 5.84 Å². The number of amidine groups is 1. The van der Waals surface area contributed by atoms with Gasteiger partial charge in [-0.25, -0.2) is 0 Å². The maximum atomic E-state index is 7.64. The van der Waals surface area contributed by atoms with Crippen molar-refractivity contribution in [2.75, 3.05) is 11.9 Å². The molecule has 0 saturated heterocycles. The van der Waals surface area contributed by atoms with E-state index in [1.165, 1.54) is 0 Å². The zero-order valence-corrected chi connectivity index (χ0v) is 12.4. The van der Waals surface area contributed by atoms with Gasteiger partial charge in [0.05, 0.1) is 0 Å². The van der Waals surface area contributed by atoms with Crippen LogP contribution in [0.1, 0.15) is 32.8 Å². The third kappa shape index (κ3) is 3.00. The molecule has 0 aliphatic rings. The number of nitrogen functional groups attached to an aromatic ring is 1. The van der Waals surface area contributed by atoms with E-state index in [1.807, 2.05) is 25.2 Å². The highest BCUT2D eigenvalue weighted by molar-refractivity contribution is 9.10. The van der Waals surface area contributed by atoms with Crippen molar-refractivity contribution in [1.82, 2.24) is 0 Å². The Bertz CT molecular complexity index is 427. The molecule has 1 aromatic carbocycles. The van der Waals surface area contributed by atoms with Crippen molar-refractivity contribution in [3.8, 4) is 0 Å². The van der Waals surface area contributed by atoms with E-state index >= 15 is 0 Å². The number of rotatable bonds is 4. The summed E-state index contributed by atoms with van der Waals surface area (Å²) in [5.74, 6) is 0.103. The van der Waals surface area contributed by atoms with Crippen LogP contribution in [-0.2, 0) is 0 Å². The molecule has 0 unspecified atom stereocenters. The van der Waals surface area contributed by atoms with Crippen LogP contribution in [0.25, 0.3) is 0 Å². The van der Waals surface area contributed by atoms with E-state index in [-0.39, 0.29) is 11.4 Å². The van der Waals surface area contributed by atoms with Crippen molar-refractivity contribution >= 4 is 27.5 Å². The van der Waals surface area contributed by atoms with Crippen LogP contribution in [-0.4, -0.2) is 18.4 Å². The lowest BCUT2D eigenvalue weighted by Crippen LogP contribution is -2.41. The van der Waals surface area contributed by atoms with Crippen LogP contribution in [0.5, 0.6) is 0 Å². The fourth-order valence-electron chi connectivity index (χ4n) is 1.57. The lowest BCUT2D eigenvalue weighted by atomic mass is 9.98. The Labute approximate surface area is 112 Å². The van der Waals surface area contributed by atoms with E-state index in [9.17, 15) is 0 Å². The summed E-state index contributed by atoms with van der Waals surface area (Å²) in [7, 11) is 2.04. The molecule has 0 fully saturated rings. The zero-order chi connectivity index (χ0) is 13.2. The van der Waals surface area contributed by atoms with Gasteiger partial charge in [-0.1, -0.05) is 22.9 Å². The van der Waals surface area contributed by atoms with E-state index < -0.39 is 0 Å². The predicted molar refractivity (Wildman–Crippen MR) is 77.9 cm³/mol. The van der Waals surface area contributed by atoms with Crippen LogP contribution in [0.4, 0.5) is 5.69 Å². The Morgan fingerprint density at radius 1 is 1.47 bits per heavy atom. The van der Waals surface area contributed by atoms with Gasteiger partial charge in [0.2, 0.25) is 0 Å². The standard InChI is InChI=1S/C13H20BrN3/c1-5-13(2,3)17(4)11-8-9(14)6-7-10(11)12(15)16/h6-8H,5H2,1-4H3,(H3,15,16). The molecule has 3 nitrogen and oxygen atoms in total. The zero-order valence-electron chi connectivity index (χ0n) is 10.8. The maximum absolute atomic E-state index is 7.64. The minimum Gasteiger partial charge on any atom is -0.384 e. The Hall–Kier alpha value is -1.03. The van der Waals surface area contributed by atoms with E-state index in [0.29, 0.717) is 0 Å². The number of benzene rings is 1. The second kappa shape index (κ2) is 5.08. The van der Waals surface area contributed by atoms with Crippen LogP contribution in [0, 0.1) is 5.41 Å². The molecular formula is C13H20BrN3. The van der Waals surface area contributed by atoms with Gasteiger partial charge in [0.15, 0.2) is 0 Å². The molecule has 0 atom stereocenters. The van der Waals surface area contributed by atoms with E-state index in [1.54, 1.807) is 0 Å². The fourth-order valence-corrected chi connectivity index (χ4v) is 1.92. The highest BCUT2D eigenvalue weighted by Gasteiger charge is 2.24. The molecule has 0 saturated carbocycles. The molecule has 0 aliphatic carbocycles. The molecule has 3 N–H and O–H groups in total. The van der Waals surface area contributed by atoms with Crippen LogP contribution < -0.4 is 10.6 Å². The predicted octanol–water partition coefficient (Wildman–Crippen LogP) is 3.36. The third-order valence-electron chi connectivity index (χ3n) is 3.38. The summed E-state index contributed by atoms with van der Waals surface area (Å²) in [5.41, 5.74) is 7.42. The fraction of sp³-hybridized carbons (Fsp3) is 0.462. The van der Waals surface area contributed by atoms with Crippen LogP contribution >= 0.6 is 15.9 Å². The molecule has 0 aliphatic heterocycles. The van der Waals surface area contributed by atoms with Gasteiger partial charge >= 0.3 is 0 Å². The molecular weight excluding hydrogens is 278 g/mol. The maximum Gasteiger partial charge on any atom is 0.124 e. The lowest BCUT2D eigenvalue weighted by molar-refractivity contribution is 0.470. The molecule has 0 aromatic heterocycles. The SMILES string of the molecule is CCC(C)(C)N(C)c1cc(Br)ccc1C(=N)N. The monoisotopic (exact) mass is 297 g/mol. The van der Waals surface area contributed by atoms with Gasteiger partial charge in [0, 0.05) is 28.3 Å². The van der Waals surface area contributed by atoms with Crippen LogP contribution in [0.3, 0.4) is 0 Å². The van der Waals surface area contributed by atoms with Crippen molar-refractivity contribution in [1.29, 1.82) is 5.41 Å². The number of hydrogen-bond donors (Lipinski definition) is 2. The Morgan fingerprint density at radius 3 is 2.53 bits per heavy atom. The summed E-state index contributed by atoms with van der Waals surface area (Å²) in [6.45, 7) is 6.51. The number of anilines is 1. The van der Waals surface area contributed by atoms with E-state index in [0.717, 1.165) is 22.1 Å². The molecule has 17 heavy (non-hydrogen) atoms. The summed E-state index contributed by atoms with van der Waals surface area (Å²) in [5, 5.41) is 7.64. The van der Waals surface area contributed by atoms with Gasteiger partial charge in [-0.3, -0.25) is 5.41 Å². The number of nitrogens with two attached hydrogens (primary N) is 1. The highest BCUT2D eigenvalue weighted by atomic mass is 79.9. The van der Waals surface area contributed by atoms with Crippen molar-refractivity contribution in [2.24, 2.45) is 5.73 Å². The average Bonchev–Trinajstić information content (AvgIpc) is 2.27. The Kier molecular flexibility index (Phi) is 4.20. The van der Waals surface area contributed by atoms with Crippen molar-refractivity contribution in [3.63, 3.8) is 0 Å². The van der Waals surface area contributed by atoms with Crippen molar-refractivity contribution in [3.05, 3.63) is 28.2 Å². The molecule has 1 rings (SSSR count). The number of nitrogens with one attached hydrogen (secondary N) is 1. The van der Waals surface area contributed by atoms with E-state index in [4.69, 9.17) is 11.1 Å². The minimum atomic E-state index is 0.0327. The molecule has 94 valence electrons. The normalized spacial score (nSPS) is 11.4. The van der Waals surface area contributed by atoms with Crippen LogP contribution in [0.15, 0.2) is 22.7 Å². The first kappa shape index (κ1) is 14.0. The number of hydrogen-bond acceptors (Lipinski definition) is 2. The van der Waals surface area contributed by atoms with Gasteiger partial charge in [-0.15, -0.1) is 0 Å². The lowest BCUT2D eigenvalue weighted by Gasteiger charge is -2.38. The minimum absolute atomic E-state index is 0.0327. The summed E-state index contributed by atoms with van der Waals surface area (Å²) < 4.78 is 0.997. The second-order valence-corrected chi connectivity index (χ2v) is 5.72. The Balaban J connectivity index is 3.29. The van der Waals surface area contributed by atoms with Gasteiger partial charge in [-0.05, 0) is 38.5 Å². The topological polar surface area (TPSA) is 53.1 Å². The van der Waals surface area contributed by atoms with Gasteiger partial charge in [0.25, 0.3) is 0 Å². The van der Waals surface area contributed by atoms with Crippen LogP contribution in [0.2, 0.25) is 0 Å².